The van der Waals surface area contributed by atoms with Crippen LogP contribution in [0.2, 0.25) is 0 Å². The fourth-order valence-electron chi connectivity index (χ4n) is 3.05. The number of nitrogens with one attached hydrogen (secondary N) is 1. The van der Waals surface area contributed by atoms with Gasteiger partial charge in [0.25, 0.3) is 5.91 Å². The maximum atomic E-state index is 12.8. The van der Waals surface area contributed by atoms with Crippen LogP contribution in [0.25, 0.3) is 10.9 Å². The van der Waals surface area contributed by atoms with Crippen molar-refractivity contribution in [1.82, 2.24) is 19.9 Å². The molecule has 0 fully saturated rings. The molecule has 5 nitrogen and oxygen atoms in total. The monoisotopic (exact) mass is 292 g/mol. The summed E-state index contributed by atoms with van der Waals surface area (Å²) in [5, 5.41) is 1.03. The molecule has 0 bridgehead atoms. The Balaban J connectivity index is 1.70. The second-order valence-corrected chi connectivity index (χ2v) is 5.62. The Morgan fingerprint density at radius 2 is 2.14 bits per heavy atom. The molecule has 0 unspecified atom stereocenters. The zero-order chi connectivity index (χ0) is 15.1. The SMILES string of the molecule is Cc1c(C(=O)N2CCc3nc[nH]c3C2)cnc2ccccc12. The Kier molecular flexibility index (Phi) is 2.92. The molecule has 3 heterocycles. The largest absolute Gasteiger partial charge is 0.347 e. The van der Waals surface area contributed by atoms with E-state index in [1.54, 1.807) is 12.5 Å². The van der Waals surface area contributed by atoms with Crippen LogP contribution in [0.1, 0.15) is 27.3 Å². The van der Waals surface area contributed by atoms with E-state index < -0.39 is 0 Å². The lowest BCUT2D eigenvalue weighted by Gasteiger charge is -2.27. The van der Waals surface area contributed by atoms with Gasteiger partial charge in [-0.1, -0.05) is 18.2 Å². The van der Waals surface area contributed by atoms with E-state index in [0.717, 1.165) is 34.3 Å². The van der Waals surface area contributed by atoms with Gasteiger partial charge in [0.1, 0.15) is 0 Å². The van der Waals surface area contributed by atoms with Gasteiger partial charge >= 0.3 is 0 Å². The summed E-state index contributed by atoms with van der Waals surface area (Å²) in [6, 6.07) is 7.91. The summed E-state index contributed by atoms with van der Waals surface area (Å²) in [4.78, 5) is 26.5. The maximum Gasteiger partial charge on any atom is 0.256 e. The van der Waals surface area contributed by atoms with Gasteiger partial charge in [-0.15, -0.1) is 0 Å². The van der Waals surface area contributed by atoms with Gasteiger partial charge in [-0.2, -0.15) is 0 Å². The molecule has 0 spiro atoms. The Morgan fingerprint density at radius 1 is 1.27 bits per heavy atom. The Bertz CT molecular complexity index is 868. The predicted octanol–water partition coefficient (Wildman–Crippen LogP) is 2.46. The molecular formula is C17H16N4O. The number of pyridine rings is 1. The molecule has 0 aliphatic carbocycles. The number of hydrogen-bond donors (Lipinski definition) is 1. The molecule has 22 heavy (non-hydrogen) atoms. The Hall–Kier alpha value is -2.69. The number of carbonyl (C=O) groups is 1. The highest BCUT2D eigenvalue weighted by Gasteiger charge is 2.24. The van der Waals surface area contributed by atoms with Gasteiger partial charge in [-0.25, -0.2) is 4.98 Å². The Morgan fingerprint density at radius 3 is 3.05 bits per heavy atom. The summed E-state index contributed by atoms with van der Waals surface area (Å²) >= 11 is 0. The van der Waals surface area contributed by atoms with Crippen LogP contribution in [-0.4, -0.2) is 32.3 Å². The van der Waals surface area contributed by atoms with E-state index in [1.807, 2.05) is 36.1 Å². The molecule has 0 saturated carbocycles. The van der Waals surface area contributed by atoms with E-state index in [4.69, 9.17) is 0 Å². The van der Waals surface area contributed by atoms with Gasteiger partial charge < -0.3 is 9.88 Å². The van der Waals surface area contributed by atoms with Crippen LogP contribution in [-0.2, 0) is 13.0 Å². The van der Waals surface area contributed by atoms with Crippen LogP contribution < -0.4 is 0 Å². The van der Waals surface area contributed by atoms with Crippen molar-refractivity contribution in [2.45, 2.75) is 19.9 Å². The molecule has 1 N–H and O–H groups in total. The average molecular weight is 292 g/mol. The van der Waals surface area contributed by atoms with Crippen LogP contribution in [0.3, 0.4) is 0 Å². The standard InChI is InChI=1S/C17H16N4O/c1-11-12-4-2-3-5-14(12)18-8-13(11)17(22)21-7-6-15-16(9-21)20-10-19-15/h2-5,8,10H,6-7,9H2,1H3,(H,19,20). The molecule has 0 radical (unpaired) electrons. The van der Waals surface area contributed by atoms with Crippen molar-refractivity contribution >= 4 is 16.8 Å². The minimum Gasteiger partial charge on any atom is -0.347 e. The van der Waals surface area contributed by atoms with Crippen molar-refractivity contribution in [1.29, 1.82) is 0 Å². The number of para-hydroxylation sites is 1. The number of benzene rings is 1. The molecule has 1 aromatic carbocycles. The minimum absolute atomic E-state index is 0.0380. The average Bonchev–Trinajstić information content (AvgIpc) is 3.02. The highest BCUT2D eigenvalue weighted by molar-refractivity contribution is 6.00. The van der Waals surface area contributed by atoms with Gasteiger partial charge in [0.15, 0.2) is 0 Å². The van der Waals surface area contributed by atoms with Crippen LogP contribution >= 0.6 is 0 Å². The van der Waals surface area contributed by atoms with Crippen molar-refractivity contribution in [3.8, 4) is 0 Å². The lowest BCUT2D eigenvalue weighted by Crippen LogP contribution is -2.36. The number of aromatic amines is 1. The van der Waals surface area contributed by atoms with E-state index in [9.17, 15) is 4.79 Å². The zero-order valence-corrected chi connectivity index (χ0v) is 12.3. The van der Waals surface area contributed by atoms with E-state index >= 15 is 0 Å². The van der Waals surface area contributed by atoms with Gasteiger partial charge in [-0.05, 0) is 18.6 Å². The zero-order valence-electron chi connectivity index (χ0n) is 12.3. The summed E-state index contributed by atoms with van der Waals surface area (Å²) < 4.78 is 0. The van der Waals surface area contributed by atoms with Gasteiger partial charge in [-0.3, -0.25) is 9.78 Å². The van der Waals surface area contributed by atoms with E-state index in [2.05, 4.69) is 15.0 Å². The predicted molar refractivity (Wildman–Crippen MR) is 83.5 cm³/mol. The first-order valence-corrected chi connectivity index (χ1v) is 7.39. The lowest BCUT2D eigenvalue weighted by atomic mass is 10.0. The molecule has 1 aliphatic heterocycles. The quantitative estimate of drug-likeness (QED) is 0.749. The molecular weight excluding hydrogens is 276 g/mol. The number of amides is 1. The molecule has 0 saturated heterocycles. The third kappa shape index (κ3) is 1.97. The lowest BCUT2D eigenvalue weighted by molar-refractivity contribution is 0.0731. The topological polar surface area (TPSA) is 61.9 Å². The van der Waals surface area contributed by atoms with E-state index in [1.165, 1.54) is 0 Å². The van der Waals surface area contributed by atoms with Crippen molar-refractivity contribution in [3.63, 3.8) is 0 Å². The van der Waals surface area contributed by atoms with Crippen molar-refractivity contribution < 1.29 is 4.79 Å². The first-order valence-electron chi connectivity index (χ1n) is 7.39. The number of imidazole rings is 1. The number of fused-ring (bicyclic) bond motifs is 2. The second-order valence-electron chi connectivity index (χ2n) is 5.62. The van der Waals surface area contributed by atoms with Crippen LogP contribution in [0, 0.1) is 6.92 Å². The molecule has 110 valence electrons. The number of aryl methyl sites for hydroxylation is 1. The smallest absolute Gasteiger partial charge is 0.256 e. The molecule has 2 aromatic heterocycles. The first kappa shape index (κ1) is 13.0. The summed E-state index contributed by atoms with van der Waals surface area (Å²) in [5.41, 5.74) is 4.70. The number of nitrogens with zero attached hydrogens (tertiary/aromatic N) is 3. The molecule has 0 atom stereocenters. The van der Waals surface area contributed by atoms with Gasteiger partial charge in [0.05, 0.1) is 35.3 Å². The first-order chi connectivity index (χ1) is 10.7. The van der Waals surface area contributed by atoms with Gasteiger partial charge in [0, 0.05) is 24.5 Å². The maximum absolute atomic E-state index is 12.8. The van der Waals surface area contributed by atoms with Crippen LogP contribution in [0.15, 0.2) is 36.8 Å². The van der Waals surface area contributed by atoms with Crippen molar-refractivity contribution in [3.05, 3.63) is 59.3 Å². The van der Waals surface area contributed by atoms with E-state index in [0.29, 0.717) is 18.7 Å². The molecule has 1 aliphatic rings. The number of rotatable bonds is 1. The summed E-state index contributed by atoms with van der Waals surface area (Å²) in [7, 11) is 0. The highest BCUT2D eigenvalue weighted by Crippen LogP contribution is 2.23. The summed E-state index contributed by atoms with van der Waals surface area (Å²) in [6.07, 6.45) is 4.19. The fraction of sp³-hybridized carbons (Fsp3) is 0.235. The normalized spacial score (nSPS) is 14.1. The number of H-pyrrole nitrogens is 1. The van der Waals surface area contributed by atoms with Gasteiger partial charge in [0.2, 0.25) is 0 Å². The third-order valence-corrected chi connectivity index (χ3v) is 4.34. The van der Waals surface area contributed by atoms with Crippen LogP contribution in [0.4, 0.5) is 0 Å². The second kappa shape index (κ2) is 4.94. The summed E-state index contributed by atoms with van der Waals surface area (Å²) in [6.45, 7) is 3.27. The molecule has 5 heteroatoms. The highest BCUT2D eigenvalue weighted by atomic mass is 16.2. The van der Waals surface area contributed by atoms with Crippen LogP contribution in [0.5, 0.6) is 0 Å². The Labute approximate surface area is 128 Å². The number of carbonyl (C=O) groups excluding carboxylic acids is 1. The third-order valence-electron chi connectivity index (χ3n) is 4.34. The number of hydrogen-bond acceptors (Lipinski definition) is 3. The summed E-state index contributed by atoms with van der Waals surface area (Å²) in [5.74, 6) is 0.0380. The molecule has 1 amide bonds. The molecule has 4 rings (SSSR count). The fourth-order valence-corrected chi connectivity index (χ4v) is 3.05. The molecule has 3 aromatic rings. The van der Waals surface area contributed by atoms with Crippen molar-refractivity contribution in [2.24, 2.45) is 0 Å². The number of aromatic nitrogens is 3. The van der Waals surface area contributed by atoms with E-state index in [-0.39, 0.29) is 5.91 Å². The minimum atomic E-state index is 0.0380. The van der Waals surface area contributed by atoms with Crippen molar-refractivity contribution in [2.75, 3.05) is 6.54 Å².